The third-order valence-corrected chi connectivity index (χ3v) is 4.38. The van der Waals surface area contributed by atoms with Gasteiger partial charge in [0.05, 0.1) is 24.6 Å². The molecule has 8 heteroatoms. The molecule has 0 amide bonds. The lowest BCUT2D eigenvalue weighted by Crippen LogP contribution is -2.37. The van der Waals surface area contributed by atoms with E-state index in [2.05, 4.69) is 15.3 Å². The standard InChI is InChI=1S/C20H17F3N4O/c21-14-6-7-15(19(23)18(14)22)24-17-12-16(13-4-2-1-3-5-13)25-20(26-17)27-8-10-28-11-9-27/h1-7,12H,8-11H2,(H,24,25,26). The first-order valence-electron chi connectivity index (χ1n) is 8.79. The van der Waals surface area contributed by atoms with E-state index >= 15 is 0 Å². The van der Waals surface area contributed by atoms with Gasteiger partial charge >= 0.3 is 0 Å². The summed E-state index contributed by atoms with van der Waals surface area (Å²) in [6.45, 7) is 2.35. The lowest BCUT2D eigenvalue weighted by Gasteiger charge is -2.27. The lowest BCUT2D eigenvalue weighted by molar-refractivity contribution is 0.122. The molecular formula is C20H17F3N4O. The van der Waals surface area contributed by atoms with Gasteiger partial charge in [-0.3, -0.25) is 0 Å². The maximum atomic E-state index is 14.1. The largest absolute Gasteiger partial charge is 0.378 e. The van der Waals surface area contributed by atoms with Gasteiger partial charge in [0.1, 0.15) is 5.82 Å². The van der Waals surface area contributed by atoms with Crippen LogP contribution in [-0.4, -0.2) is 36.3 Å². The number of hydrogen-bond acceptors (Lipinski definition) is 5. The molecule has 0 bridgehead atoms. The van der Waals surface area contributed by atoms with Gasteiger partial charge in [-0.2, -0.15) is 4.98 Å². The summed E-state index contributed by atoms with van der Waals surface area (Å²) in [6.07, 6.45) is 0. The highest BCUT2D eigenvalue weighted by Gasteiger charge is 2.18. The van der Waals surface area contributed by atoms with Crippen molar-refractivity contribution in [2.45, 2.75) is 0 Å². The zero-order valence-electron chi connectivity index (χ0n) is 14.8. The van der Waals surface area contributed by atoms with E-state index in [1.807, 2.05) is 35.2 Å². The van der Waals surface area contributed by atoms with Crippen molar-refractivity contribution in [3.8, 4) is 11.3 Å². The lowest BCUT2D eigenvalue weighted by atomic mass is 10.1. The predicted molar refractivity (Wildman–Crippen MR) is 100 cm³/mol. The Bertz CT molecular complexity index is 979. The topological polar surface area (TPSA) is 50.3 Å². The second kappa shape index (κ2) is 7.85. The SMILES string of the molecule is Fc1ccc(Nc2cc(-c3ccccc3)nc(N3CCOCC3)n2)c(F)c1F. The second-order valence-electron chi connectivity index (χ2n) is 6.25. The molecule has 0 unspecified atom stereocenters. The molecule has 0 spiro atoms. The molecule has 1 fully saturated rings. The van der Waals surface area contributed by atoms with Gasteiger partial charge in [0.2, 0.25) is 5.95 Å². The quantitative estimate of drug-likeness (QED) is 0.683. The highest BCUT2D eigenvalue weighted by Crippen LogP contribution is 2.27. The minimum absolute atomic E-state index is 0.204. The van der Waals surface area contributed by atoms with Crippen molar-refractivity contribution in [2.24, 2.45) is 0 Å². The fourth-order valence-corrected chi connectivity index (χ4v) is 2.92. The number of anilines is 3. The maximum Gasteiger partial charge on any atom is 0.228 e. The van der Waals surface area contributed by atoms with Gasteiger partial charge in [0, 0.05) is 24.7 Å². The molecule has 28 heavy (non-hydrogen) atoms. The number of aromatic nitrogens is 2. The molecule has 0 saturated carbocycles. The summed E-state index contributed by atoms with van der Waals surface area (Å²) in [5, 5.41) is 2.74. The number of halogens is 3. The Labute approximate surface area is 159 Å². The Hall–Kier alpha value is -3.13. The molecule has 3 aromatic rings. The van der Waals surface area contributed by atoms with Crippen LogP contribution in [0.1, 0.15) is 0 Å². The van der Waals surface area contributed by atoms with Gasteiger partial charge in [0.15, 0.2) is 17.5 Å². The molecule has 0 radical (unpaired) electrons. The summed E-state index contributed by atoms with van der Waals surface area (Å²) >= 11 is 0. The van der Waals surface area contributed by atoms with E-state index in [-0.39, 0.29) is 11.5 Å². The van der Waals surface area contributed by atoms with E-state index in [9.17, 15) is 13.2 Å². The molecular weight excluding hydrogens is 369 g/mol. The monoisotopic (exact) mass is 386 g/mol. The molecule has 5 nitrogen and oxygen atoms in total. The smallest absolute Gasteiger partial charge is 0.228 e. The zero-order chi connectivity index (χ0) is 19.5. The molecule has 1 aliphatic heterocycles. The average molecular weight is 386 g/mol. The number of morpholine rings is 1. The van der Waals surface area contributed by atoms with Crippen LogP contribution >= 0.6 is 0 Å². The first-order chi connectivity index (χ1) is 13.6. The molecule has 1 aliphatic rings. The molecule has 144 valence electrons. The summed E-state index contributed by atoms with van der Waals surface area (Å²) in [4.78, 5) is 11.0. The normalized spacial score (nSPS) is 14.2. The van der Waals surface area contributed by atoms with Crippen molar-refractivity contribution in [2.75, 3.05) is 36.5 Å². The minimum atomic E-state index is -1.53. The fraction of sp³-hybridized carbons (Fsp3) is 0.200. The van der Waals surface area contributed by atoms with Crippen molar-refractivity contribution in [3.63, 3.8) is 0 Å². The third kappa shape index (κ3) is 3.77. The Kier molecular flexibility index (Phi) is 5.12. The highest BCUT2D eigenvalue weighted by atomic mass is 19.2. The van der Waals surface area contributed by atoms with E-state index in [0.29, 0.717) is 37.9 Å². The first kappa shape index (κ1) is 18.2. The first-order valence-corrected chi connectivity index (χ1v) is 8.79. The van der Waals surface area contributed by atoms with Gasteiger partial charge in [-0.25, -0.2) is 18.2 Å². The van der Waals surface area contributed by atoms with Crippen molar-refractivity contribution in [1.29, 1.82) is 0 Å². The maximum absolute atomic E-state index is 14.1. The number of benzene rings is 2. The van der Waals surface area contributed by atoms with Crippen LogP contribution in [0.2, 0.25) is 0 Å². The van der Waals surface area contributed by atoms with E-state index in [0.717, 1.165) is 17.7 Å². The van der Waals surface area contributed by atoms with Crippen LogP contribution < -0.4 is 10.2 Å². The summed E-state index contributed by atoms with van der Waals surface area (Å²) in [5.74, 6) is -3.34. The Morgan fingerprint density at radius 3 is 2.39 bits per heavy atom. The average Bonchev–Trinajstić information content (AvgIpc) is 2.75. The third-order valence-electron chi connectivity index (χ3n) is 4.38. The summed E-state index contributed by atoms with van der Waals surface area (Å²) < 4.78 is 46.2. The van der Waals surface area contributed by atoms with Crippen LogP contribution in [0, 0.1) is 17.5 Å². The number of rotatable bonds is 4. The number of nitrogens with one attached hydrogen (secondary N) is 1. The Morgan fingerprint density at radius 2 is 1.64 bits per heavy atom. The summed E-state index contributed by atoms with van der Waals surface area (Å²) in [5.41, 5.74) is 1.28. The summed E-state index contributed by atoms with van der Waals surface area (Å²) in [6, 6.07) is 13.1. The van der Waals surface area contributed by atoms with Crippen molar-refractivity contribution in [1.82, 2.24) is 9.97 Å². The highest BCUT2D eigenvalue weighted by molar-refractivity contribution is 5.67. The molecule has 1 N–H and O–H groups in total. The van der Waals surface area contributed by atoms with Crippen molar-refractivity contribution >= 4 is 17.5 Å². The molecule has 1 aromatic heterocycles. The fourth-order valence-electron chi connectivity index (χ4n) is 2.92. The number of nitrogens with zero attached hydrogens (tertiary/aromatic N) is 3. The second-order valence-corrected chi connectivity index (χ2v) is 6.25. The van der Waals surface area contributed by atoms with Crippen LogP contribution in [0.5, 0.6) is 0 Å². The van der Waals surface area contributed by atoms with Crippen LogP contribution in [-0.2, 0) is 4.74 Å². The van der Waals surface area contributed by atoms with Crippen LogP contribution in [0.3, 0.4) is 0 Å². The predicted octanol–water partition coefficient (Wildman–Crippen LogP) is 4.14. The van der Waals surface area contributed by atoms with E-state index in [1.165, 1.54) is 0 Å². The van der Waals surface area contributed by atoms with Gasteiger partial charge in [-0.15, -0.1) is 0 Å². The van der Waals surface area contributed by atoms with Crippen molar-refractivity contribution < 1.29 is 17.9 Å². The summed E-state index contributed by atoms with van der Waals surface area (Å²) in [7, 11) is 0. The Morgan fingerprint density at radius 1 is 0.893 bits per heavy atom. The molecule has 0 aliphatic carbocycles. The van der Waals surface area contributed by atoms with E-state index in [1.54, 1.807) is 6.07 Å². The van der Waals surface area contributed by atoms with Crippen molar-refractivity contribution in [3.05, 3.63) is 66.0 Å². The number of hydrogen-bond donors (Lipinski definition) is 1. The van der Waals surface area contributed by atoms with Crippen LogP contribution in [0.15, 0.2) is 48.5 Å². The van der Waals surface area contributed by atoms with E-state index < -0.39 is 17.5 Å². The molecule has 2 heterocycles. The van der Waals surface area contributed by atoms with Gasteiger partial charge < -0.3 is 15.0 Å². The van der Waals surface area contributed by atoms with Gasteiger partial charge in [0.25, 0.3) is 0 Å². The number of ether oxygens (including phenoxy) is 1. The zero-order valence-corrected chi connectivity index (χ0v) is 14.8. The van der Waals surface area contributed by atoms with Gasteiger partial charge in [-0.1, -0.05) is 30.3 Å². The van der Waals surface area contributed by atoms with Crippen LogP contribution in [0.25, 0.3) is 11.3 Å². The molecule has 0 atom stereocenters. The Balaban J connectivity index is 1.74. The molecule has 4 rings (SSSR count). The van der Waals surface area contributed by atoms with E-state index in [4.69, 9.17) is 4.74 Å². The van der Waals surface area contributed by atoms with Gasteiger partial charge in [-0.05, 0) is 12.1 Å². The van der Waals surface area contributed by atoms with Crippen LogP contribution in [0.4, 0.5) is 30.6 Å². The minimum Gasteiger partial charge on any atom is -0.378 e. The molecule has 1 saturated heterocycles. The molecule has 2 aromatic carbocycles.